The van der Waals surface area contributed by atoms with E-state index in [2.05, 4.69) is 4.74 Å². The van der Waals surface area contributed by atoms with Gasteiger partial charge >= 0.3 is 12.5 Å². The molecule has 1 atom stereocenters. The topological polar surface area (TPSA) is 35.2 Å². The largest absolute Gasteiger partial charge is 0.461 e. The van der Waals surface area contributed by atoms with Gasteiger partial charge in [-0.1, -0.05) is 38.0 Å². The number of unbranched alkanes of at least 4 members (excludes halogenated alkanes) is 1. The highest BCUT2D eigenvalue weighted by molar-refractivity contribution is 5.36. The Morgan fingerprint density at radius 1 is 1.26 bits per heavy atom. The Balaban J connectivity index is 2.90. The van der Waals surface area contributed by atoms with Crippen LogP contribution >= 0.6 is 0 Å². The zero-order chi connectivity index (χ0) is 14.5. The number of rotatable bonds is 7. The number of ether oxygens (including phenoxy) is 1. The normalized spacial score (nSPS) is 13.6. The SMILES string of the molecule is CCCC[C@@H](N)c1ccccc1OC(F)(F)C(F)F. The quantitative estimate of drug-likeness (QED) is 0.762. The highest BCUT2D eigenvalue weighted by atomic mass is 19.3. The van der Waals surface area contributed by atoms with Crippen LogP contribution in [0, 0.1) is 0 Å². The summed E-state index contributed by atoms with van der Waals surface area (Å²) in [6, 6.07) is 5.26. The van der Waals surface area contributed by atoms with Gasteiger partial charge in [-0.05, 0) is 12.5 Å². The second-order valence-corrected chi connectivity index (χ2v) is 4.25. The molecule has 0 aliphatic carbocycles. The Bertz CT molecular complexity index is 398. The van der Waals surface area contributed by atoms with Crippen LogP contribution in [-0.2, 0) is 0 Å². The standard InChI is InChI=1S/C13H17F4NO/c1-2-3-7-10(18)9-6-4-5-8-11(9)19-13(16,17)12(14)15/h4-6,8,10,12H,2-3,7,18H2,1H3/t10-/m1/s1. The Labute approximate surface area is 109 Å². The summed E-state index contributed by atoms with van der Waals surface area (Å²) in [5.41, 5.74) is 6.18. The molecule has 0 bridgehead atoms. The molecule has 0 aromatic heterocycles. The second-order valence-electron chi connectivity index (χ2n) is 4.25. The fourth-order valence-electron chi connectivity index (χ4n) is 1.65. The molecule has 1 aromatic rings. The van der Waals surface area contributed by atoms with Crippen molar-refractivity contribution in [1.29, 1.82) is 0 Å². The maximum absolute atomic E-state index is 12.9. The third-order valence-electron chi connectivity index (χ3n) is 2.69. The van der Waals surface area contributed by atoms with Crippen molar-refractivity contribution < 1.29 is 22.3 Å². The molecule has 108 valence electrons. The van der Waals surface area contributed by atoms with Crippen LogP contribution < -0.4 is 10.5 Å². The molecule has 0 unspecified atom stereocenters. The van der Waals surface area contributed by atoms with Gasteiger partial charge in [0.25, 0.3) is 0 Å². The first-order valence-corrected chi connectivity index (χ1v) is 6.08. The molecule has 19 heavy (non-hydrogen) atoms. The van der Waals surface area contributed by atoms with Gasteiger partial charge in [-0.25, -0.2) is 0 Å². The number of hydrogen-bond acceptors (Lipinski definition) is 2. The van der Waals surface area contributed by atoms with Crippen molar-refractivity contribution in [3.05, 3.63) is 29.8 Å². The summed E-state index contributed by atoms with van der Waals surface area (Å²) in [5.74, 6) is -0.295. The molecule has 1 rings (SSSR count). The lowest BCUT2D eigenvalue weighted by molar-refractivity contribution is -0.253. The number of halogens is 4. The van der Waals surface area contributed by atoms with Gasteiger partial charge in [0, 0.05) is 11.6 Å². The first kappa shape index (κ1) is 15.8. The lowest BCUT2D eigenvalue weighted by Crippen LogP contribution is -2.34. The summed E-state index contributed by atoms with van der Waals surface area (Å²) in [5, 5.41) is 0. The highest BCUT2D eigenvalue weighted by Gasteiger charge is 2.44. The predicted octanol–water partition coefficient (Wildman–Crippen LogP) is 4.11. The fraction of sp³-hybridized carbons (Fsp3) is 0.538. The van der Waals surface area contributed by atoms with Gasteiger partial charge in [-0.3, -0.25) is 0 Å². The van der Waals surface area contributed by atoms with Gasteiger partial charge in [-0.15, -0.1) is 0 Å². The van der Waals surface area contributed by atoms with Crippen molar-refractivity contribution in [2.24, 2.45) is 5.73 Å². The van der Waals surface area contributed by atoms with Crippen LogP contribution in [0.25, 0.3) is 0 Å². The molecule has 0 aliphatic heterocycles. The van der Waals surface area contributed by atoms with E-state index < -0.39 is 18.6 Å². The van der Waals surface area contributed by atoms with Crippen molar-refractivity contribution in [1.82, 2.24) is 0 Å². The summed E-state index contributed by atoms with van der Waals surface area (Å²) in [4.78, 5) is 0. The molecule has 2 nitrogen and oxygen atoms in total. The molecule has 0 heterocycles. The summed E-state index contributed by atoms with van der Waals surface area (Å²) < 4.78 is 54.2. The van der Waals surface area contributed by atoms with Crippen LogP contribution in [0.2, 0.25) is 0 Å². The smallest absolute Gasteiger partial charge is 0.428 e. The maximum atomic E-state index is 12.9. The maximum Gasteiger partial charge on any atom is 0.461 e. The van der Waals surface area contributed by atoms with Gasteiger partial charge in [0.2, 0.25) is 0 Å². The van der Waals surface area contributed by atoms with Crippen LogP contribution in [0.5, 0.6) is 5.75 Å². The molecule has 0 amide bonds. The number of hydrogen-bond donors (Lipinski definition) is 1. The fourth-order valence-corrected chi connectivity index (χ4v) is 1.65. The van der Waals surface area contributed by atoms with Gasteiger partial charge in [0.05, 0.1) is 0 Å². The number of benzene rings is 1. The van der Waals surface area contributed by atoms with Crippen LogP contribution in [-0.4, -0.2) is 12.5 Å². The predicted molar refractivity (Wildman–Crippen MR) is 64.5 cm³/mol. The van der Waals surface area contributed by atoms with Crippen molar-refractivity contribution in [2.45, 2.75) is 44.8 Å². The number of alkyl halides is 4. The van der Waals surface area contributed by atoms with E-state index in [1.54, 1.807) is 6.07 Å². The lowest BCUT2D eigenvalue weighted by Gasteiger charge is -2.21. The van der Waals surface area contributed by atoms with Gasteiger partial charge in [-0.2, -0.15) is 17.6 Å². The molecule has 0 radical (unpaired) electrons. The monoisotopic (exact) mass is 279 g/mol. The molecule has 0 aliphatic rings. The zero-order valence-corrected chi connectivity index (χ0v) is 10.6. The van der Waals surface area contributed by atoms with E-state index in [0.29, 0.717) is 12.0 Å². The van der Waals surface area contributed by atoms with E-state index in [9.17, 15) is 17.6 Å². The minimum Gasteiger partial charge on any atom is -0.428 e. The van der Waals surface area contributed by atoms with Gasteiger partial charge < -0.3 is 10.5 Å². The van der Waals surface area contributed by atoms with Crippen molar-refractivity contribution in [3.63, 3.8) is 0 Å². The van der Waals surface area contributed by atoms with E-state index in [1.807, 2.05) is 6.92 Å². The van der Waals surface area contributed by atoms with Gasteiger partial charge in [0.1, 0.15) is 5.75 Å². The van der Waals surface area contributed by atoms with Crippen LogP contribution in [0.4, 0.5) is 17.6 Å². The van der Waals surface area contributed by atoms with E-state index in [-0.39, 0.29) is 5.75 Å². The molecule has 2 N–H and O–H groups in total. The second kappa shape index (κ2) is 6.75. The summed E-state index contributed by atoms with van der Waals surface area (Å²) in [7, 11) is 0. The van der Waals surface area contributed by atoms with Crippen LogP contribution in [0.3, 0.4) is 0 Å². The summed E-state index contributed by atoms with van der Waals surface area (Å²) in [6.45, 7) is 1.97. The van der Waals surface area contributed by atoms with Gasteiger partial charge in [0.15, 0.2) is 0 Å². The number of nitrogens with two attached hydrogens (primary N) is 1. The zero-order valence-electron chi connectivity index (χ0n) is 10.6. The Hall–Kier alpha value is -1.30. The summed E-state index contributed by atoms with van der Waals surface area (Å²) >= 11 is 0. The molecular weight excluding hydrogens is 262 g/mol. The van der Waals surface area contributed by atoms with Crippen LogP contribution in [0.1, 0.15) is 37.8 Å². The van der Waals surface area contributed by atoms with Crippen molar-refractivity contribution in [2.75, 3.05) is 0 Å². The molecule has 0 saturated carbocycles. The molecule has 0 saturated heterocycles. The average molecular weight is 279 g/mol. The van der Waals surface area contributed by atoms with Crippen LogP contribution in [0.15, 0.2) is 24.3 Å². The molecule has 0 spiro atoms. The first-order valence-electron chi connectivity index (χ1n) is 6.08. The minimum atomic E-state index is -4.51. The van der Waals surface area contributed by atoms with E-state index in [4.69, 9.17) is 5.73 Å². The van der Waals surface area contributed by atoms with Crippen molar-refractivity contribution >= 4 is 0 Å². The molecule has 1 aromatic carbocycles. The van der Waals surface area contributed by atoms with E-state index in [0.717, 1.165) is 12.8 Å². The Morgan fingerprint density at radius 2 is 1.89 bits per heavy atom. The lowest BCUT2D eigenvalue weighted by atomic mass is 10.0. The third kappa shape index (κ3) is 4.38. The molecule has 6 heteroatoms. The van der Waals surface area contributed by atoms with Crippen molar-refractivity contribution in [3.8, 4) is 5.75 Å². The average Bonchev–Trinajstić information content (AvgIpc) is 2.36. The molecule has 0 fully saturated rings. The number of para-hydroxylation sites is 1. The Kier molecular flexibility index (Phi) is 5.60. The Morgan fingerprint density at radius 3 is 2.47 bits per heavy atom. The van der Waals surface area contributed by atoms with E-state index in [1.165, 1.54) is 18.2 Å². The highest BCUT2D eigenvalue weighted by Crippen LogP contribution is 2.33. The first-order chi connectivity index (χ1) is 8.88. The third-order valence-corrected chi connectivity index (χ3v) is 2.69. The minimum absolute atomic E-state index is 0.295. The van der Waals surface area contributed by atoms with E-state index >= 15 is 0 Å². The molecular formula is C13H17F4NO. The summed E-state index contributed by atoms with van der Waals surface area (Å²) in [6.07, 6.45) is -6.09.